The van der Waals surface area contributed by atoms with Crippen LogP contribution in [-0.4, -0.2) is 47.2 Å². The van der Waals surface area contributed by atoms with E-state index in [1.807, 2.05) is 5.32 Å². The van der Waals surface area contributed by atoms with Gasteiger partial charge in [0.25, 0.3) is 5.91 Å². The molecule has 126 valence electrons. The highest BCUT2D eigenvalue weighted by Gasteiger charge is 2.38. The van der Waals surface area contributed by atoms with Crippen LogP contribution in [0.15, 0.2) is 0 Å². The molecular formula is C14H18F3N5O. The molecule has 1 fully saturated rings. The maximum atomic E-state index is 12.6. The topological polar surface area (TPSA) is 70.2 Å². The van der Waals surface area contributed by atoms with Crippen molar-refractivity contribution in [1.82, 2.24) is 15.3 Å². The average molecular weight is 329 g/mol. The Balaban J connectivity index is 1.86. The van der Waals surface area contributed by atoms with Crippen LogP contribution >= 0.6 is 0 Å². The van der Waals surface area contributed by atoms with E-state index in [4.69, 9.17) is 0 Å². The lowest BCUT2D eigenvalue weighted by molar-refractivity contribution is -0.149. The van der Waals surface area contributed by atoms with Crippen LogP contribution in [0.3, 0.4) is 0 Å². The minimum atomic E-state index is -4.50. The zero-order valence-electron chi connectivity index (χ0n) is 12.9. The number of alkyl halides is 3. The molecular weight excluding hydrogens is 311 g/mol. The van der Waals surface area contributed by atoms with Gasteiger partial charge in [-0.1, -0.05) is 0 Å². The Morgan fingerprint density at radius 1 is 1.43 bits per heavy atom. The molecule has 2 atom stereocenters. The van der Waals surface area contributed by atoms with Gasteiger partial charge in [0.1, 0.15) is 11.7 Å². The van der Waals surface area contributed by atoms with Gasteiger partial charge < -0.3 is 15.5 Å². The van der Waals surface area contributed by atoms with E-state index in [1.165, 1.54) is 0 Å². The predicted molar refractivity (Wildman–Crippen MR) is 78.6 cm³/mol. The molecule has 9 heteroatoms. The molecule has 2 aliphatic rings. The van der Waals surface area contributed by atoms with Gasteiger partial charge in [-0.15, -0.1) is 0 Å². The fourth-order valence-electron chi connectivity index (χ4n) is 2.98. The molecule has 3 heterocycles. The number of rotatable bonds is 2. The first-order chi connectivity index (χ1) is 10.8. The summed E-state index contributed by atoms with van der Waals surface area (Å²) < 4.78 is 37.7. The molecule has 6 nitrogen and oxygen atoms in total. The summed E-state index contributed by atoms with van der Waals surface area (Å²) in [6, 6.07) is -1.71. The van der Waals surface area contributed by atoms with Crippen molar-refractivity contribution in [1.29, 1.82) is 0 Å². The molecule has 1 aromatic heterocycles. The number of carbonyl (C=O) groups excluding carboxylic acids is 1. The van der Waals surface area contributed by atoms with Crippen LogP contribution in [0.5, 0.6) is 0 Å². The highest BCUT2D eigenvalue weighted by molar-refractivity contribution is 5.92. The molecule has 2 N–H and O–H groups in total. The van der Waals surface area contributed by atoms with Gasteiger partial charge in [0.05, 0.1) is 5.69 Å². The second kappa shape index (κ2) is 5.54. The molecule has 0 saturated carbocycles. The van der Waals surface area contributed by atoms with E-state index in [2.05, 4.69) is 20.2 Å². The van der Waals surface area contributed by atoms with Crippen molar-refractivity contribution < 1.29 is 18.0 Å². The summed E-state index contributed by atoms with van der Waals surface area (Å²) in [5.41, 5.74) is 1.43. The summed E-state index contributed by atoms with van der Waals surface area (Å²) >= 11 is 0. The van der Waals surface area contributed by atoms with Crippen LogP contribution in [0, 0.1) is 6.92 Å². The Bertz CT molecular complexity index is 634. The summed E-state index contributed by atoms with van der Waals surface area (Å²) in [4.78, 5) is 22.4. The SMILES string of the molecule is Cc1nc(C(=O)NC(C)C(F)(F)F)nc2c1N1CCC[C@@H](C1)N2. The number of aryl methyl sites for hydroxylation is 1. The average Bonchev–Trinajstić information content (AvgIpc) is 2.45. The minimum absolute atomic E-state index is 0.244. The maximum absolute atomic E-state index is 12.6. The van der Waals surface area contributed by atoms with E-state index >= 15 is 0 Å². The summed E-state index contributed by atoms with van der Waals surface area (Å²) in [5, 5.41) is 5.14. The quantitative estimate of drug-likeness (QED) is 0.867. The van der Waals surface area contributed by atoms with Gasteiger partial charge in [-0.2, -0.15) is 13.2 Å². The molecule has 1 saturated heterocycles. The number of aromatic nitrogens is 2. The first kappa shape index (κ1) is 15.8. The lowest BCUT2D eigenvalue weighted by Crippen LogP contribution is -2.47. The van der Waals surface area contributed by atoms with Crippen LogP contribution in [0.1, 0.15) is 36.1 Å². The van der Waals surface area contributed by atoms with Gasteiger partial charge in [0.2, 0.25) is 5.82 Å². The molecule has 2 aliphatic heterocycles. The zero-order valence-corrected chi connectivity index (χ0v) is 12.9. The number of hydrogen-bond donors (Lipinski definition) is 2. The number of hydrogen-bond acceptors (Lipinski definition) is 5. The molecule has 0 aromatic carbocycles. The maximum Gasteiger partial charge on any atom is 0.408 e. The van der Waals surface area contributed by atoms with Crippen molar-refractivity contribution in [3.05, 3.63) is 11.5 Å². The lowest BCUT2D eigenvalue weighted by Gasteiger charge is -2.41. The van der Waals surface area contributed by atoms with Crippen LogP contribution in [0.4, 0.5) is 24.7 Å². The van der Waals surface area contributed by atoms with Crippen LogP contribution in [-0.2, 0) is 0 Å². The Morgan fingerprint density at radius 3 is 2.87 bits per heavy atom. The lowest BCUT2D eigenvalue weighted by atomic mass is 10.0. The molecule has 23 heavy (non-hydrogen) atoms. The first-order valence-corrected chi connectivity index (χ1v) is 7.53. The molecule has 1 amide bonds. The van der Waals surface area contributed by atoms with Crippen molar-refractivity contribution in [2.24, 2.45) is 0 Å². The van der Waals surface area contributed by atoms with Gasteiger partial charge in [0, 0.05) is 19.1 Å². The summed E-state index contributed by atoms with van der Waals surface area (Å²) in [6.07, 6.45) is -2.44. The second-order valence-corrected chi connectivity index (χ2v) is 6.00. The summed E-state index contributed by atoms with van der Waals surface area (Å²) in [5.74, 6) is -0.641. The van der Waals surface area contributed by atoms with Crippen molar-refractivity contribution >= 4 is 17.4 Å². The fraction of sp³-hybridized carbons (Fsp3) is 0.643. The van der Waals surface area contributed by atoms with Crippen LogP contribution < -0.4 is 15.5 Å². The summed E-state index contributed by atoms with van der Waals surface area (Å²) in [6.45, 7) is 4.37. The molecule has 0 spiro atoms. The molecule has 3 rings (SSSR count). The van der Waals surface area contributed by atoms with Gasteiger partial charge in [-0.25, -0.2) is 9.97 Å². The number of fused-ring (bicyclic) bond motifs is 4. The van der Waals surface area contributed by atoms with Crippen LogP contribution in [0.25, 0.3) is 0 Å². The number of nitrogens with zero attached hydrogens (tertiary/aromatic N) is 3. The van der Waals surface area contributed by atoms with Crippen molar-refractivity contribution in [3.8, 4) is 0 Å². The van der Waals surface area contributed by atoms with Crippen molar-refractivity contribution in [2.75, 3.05) is 23.3 Å². The molecule has 1 unspecified atom stereocenters. The van der Waals surface area contributed by atoms with E-state index < -0.39 is 18.1 Å². The van der Waals surface area contributed by atoms with E-state index in [0.29, 0.717) is 11.5 Å². The first-order valence-electron chi connectivity index (χ1n) is 7.53. The second-order valence-electron chi connectivity index (χ2n) is 6.00. The number of halogens is 3. The fourth-order valence-corrected chi connectivity index (χ4v) is 2.98. The molecule has 0 radical (unpaired) electrons. The van der Waals surface area contributed by atoms with Crippen molar-refractivity contribution in [2.45, 2.75) is 44.9 Å². The third-order valence-electron chi connectivity index (χ3n) is 4.18. The third kappa shape index (κ3) is 3.04. The molecule has 0 aliphatic carbocycles. The number of amides is 1. The Hall–Kier alpha value is -2.06. The van der Waals surface area contributed by atoms with Gasteiger partial charge in [0.15, 0.2) is 5.82 Å². The van der Waals surface area contributed by atoms with E-state index in [0.717, 1.165) is 38.5 Å². The van der Waals surface area contributed by atoms with Gasteiger partial charge in [-0.05, 0) is 26.7 Å². The number of nitrogens with one attached hydrogen (secondary N) is 2. The molecule has 1 aromatic rings. The van der Waals surface area contributed by atoms with Gasteiger partial charge in [-0.3, -0.25) is 4.79 Å². The minimum Gasteiger partial charge on any atom is -0.365 e. The highest BCUT2D eigenvalue weighted by Crippen LogP contribution is 2.35. The Morgan fingerprint density at radius 2 is 2.17 bits per heavy atom. The van der Waals surface area contributed by atoms with E-state index in [9.17, 15) is 18.0 Å². The third-order valence-corrected chi connectivity index (χ3v) is 4.18. The highest BCUT2D eigenvalue weighted by atomic mass is 19.4. The Kier molecular flexibility index (Phi) is 3.81. The summed E-state index contributed by atoms with van der Waals surface area (Å²) in [7, 11) is 0. The molecule has 2 bridgehead atoms. The monoisotopic (exact) mass is 329 g/mol. The van der Waals surface area contributed by atoms with Gasteiger partial charge >= 0.3 is 6.18 Å². The predicted octanol–water partition coefficient (Wildman–Crippen LogP) is 1.86. The largest absolute Gasteiger partial charge is 0.408 e. The van der Waals surface area contributed by atoms with E-state index in [-0.39, 0.29) is 11.9 Å². The Labute approximate surface area is 131 Å². The smallest absolute Gasteiger partial charge is 0.365 e. The number of piperidine rings is 1. The van der Waals surface area contributed by atoms with Crippen LogP contribution in [0.2, 0.25) is 0 Å². The number of anilines is 2. The number of carbonyl (C=O) groups is 1. The standard InChI is InChI=1S/C14H18F3N5O/c1-7-10-11(20-9-4-3-5-22(10)6-9)21-12(18-7)13(23)19-8(2)14(15,16)17/h8-9H,3-6H2,1-2H3,(H,19,23)(H,18,20,21)/t8?,9-/m0/s1. The normalized spacial score (nSPS) is 21.3. The van der Waals surface area contributed by atoms with Crippen molar-refractivity contribution in [3.63, 3.8) is 0 Å². The zero-order chi connectivity index (χ0) is 16.8. The van der Waals surface area contributed by atoms with E-state index in [1.54, 1.807) is 6.92 Å².